The van der Waals surface area contributed by atoms with Gasteiger partial charge in [-0.3, -0.25) is 0 Å². The van der Waals surface area contributed by atoms with Crippen molar-refractivity contribution in [1.82, 2.24) is 10.6 Å². The number of carbonyl (C=O) groups excluding carboxylic acids is 1. The molecule has 0 spiro atoms. The van der Waals surface area contributed by atoms with Crippen LogP contribution in [0.25, 0.3) is 11.1 Å². The van der Waals surface area contributed by atoms with Crippen molar-refractivity contribution in [2.24, 2.45) is 5.92 Å². The van der Waals surface area contributed by atoms with Gasteiger partial charge in [-0.15, -0.1) is 0 Å². The highest BCUT2D eigenvalue weighted by Gasteiger charge is 2.42. The molecule has 0 saturated carbocycles. The van der Waals surface area contributed by atoms with Crippen LogP contribution in [-0.4, -0.2) is 25.2 Å². The minimum Gasteiger partial charge on any atom is -0.334 e. The second-order valence-corrected chi connectivity index (χ2v) is 11.0. The molecule has 1 atom stereocenters. The summed E-state index contributed by atoms with van der Waals surface area (Å²) in [5.41, 5.74) is 4.28. The van der Waals surface area contributed by atoms with Crippen LogP contribution in [0.1, 0.15) is 44.2 Å². The van der Waals surface area contributed by atoms with Crippen molar-refractivity contribution in [3.05, 3.63) is 87.9 Å². The SMILES string of the molecule is CC(C)CC(NC(=O)Nc1cc(Cl)cc(Cl)c1)C1(c2ccc(-c3cccc(C#N)c3)cc2)CCNCC1. The Morgan fingerprint density at radius 2 is 1.68 bits per heavy atom. The molecule has 1 saturated heterocycles. The van der Waals surface area contributed by atoms with E-state index in [1.165, 1.54) is 5.56 Å². The Morgan fingerprint density at radius 3 is 2.30 bits per heavy atom. The van der Waals surface area contributed by atoms with Crippen molar-refractivity contribution in [3.8, 4) is 17.2 Å². The molecule has 2 amide bonds. The lowest BCUT2D eigenvalue weighted by molar-refractivity contribution is 0.196. The summed E-state index contributed by atoms with van der Waals surface area (Å²) in [5, 5.41) is 19.9. The normalized spacial score (nSPS) is 15.6. The molecule has 1 fully saturated rings. The lowest BCUT2D eigenvalue weighted by Gasteiger charge is -2.45. The summed E-state index contributed by atoms with van der Waals surface area (Å²) in [6, 6.07) is 23.1. The summed E-state index contributed by atoms with van der Waals surface area (Å²) in [7, 11) is 0. The van der Waals surface area contributed by atoms with Gasteiger partial charge in [-0.05, 0) is 85.3 Å². The van der Waals surface area contributed by atoms with Gasteiger partial charge in [0.2, 0.25) is 0 Å². The molecule has 1 unspecified atom stereocenters. The van der Waals surface area contributed by atoms with Gasteiger partial charge in [-0.25, -0.2) is 4.79 Å². The summed E-state index contributed by atoms with van der Waals surface area (Å²) in [4.78, 5) is 13.2. The molecule has 1 aliphatic rings. The maximum absolute atomic E-state index is 13.2. The van der Waals surface area contributed by atoms with Crippen LogP contribution in [0.5, 0.6) is 0 Å². The Balaban J connectivity index is 1.63. The molecule has 0 aliphatic carbocycles. The molecule has 7 heteroatoms. The molecule has 3 N–H and O–H groups in total. The topological polar surface area (TPSA) is 77.0 Å². The van der Waals surface area contributed by atoms with E-state index in [0.717, 1.165) is 43.5 Å². The zero-order valence-corrected chi connectivity index (χ0v) is 22.7. The zero-order chi connectivity index (χ0) is 26.4. The van der Waals surface area contributed by atoms with Crippen LogP contribution in [0.15, 0.2) is 66.7 Å². The van der Waals surface area contributed by atoms with E-state index in [4.69, 9.17) is 23.2 Å². The fourth-order valence-electron chi connectivity index (χ4n) is 5.32. The maximum Gasteiger partial charge on any atom is 0.319 e. The lowest BCUT2D eigenvalue weighted by Crippen LogP contribution is -2.56. The second kappa shape index (κ2) is 12.0. The largest absolute Gasteiger partial charge is 0.334 e. The highest BCUT2D eigenvalue weighted by molar-refractivity contribution is 6.35. The summed E-state index contributed by atoms with van der Waals surface area (Å²) in [6.07, 6.45) is 2.67. The number of piperidine rings is 1. The molecular weight excluding hydrogens is 503 g/mol. The van der Waals surface area contributed by atoms with E-state index >= 15 is 0 Å². The number of urea groups is 1. The molecule has 37 heavy (non-hydrogen) atoms. The molecule has 0 radical (unpaired) electrons. The minimum absolute atomic E-state index is 0.0722. The Labute approximate surface area is 229 Å². The van der Waals surface area contributed by atoms with Crippen LogP contribution in [0.4, 0.5) is 10.5 Å². The number of halogens is 2. The first-order valence-corrected chi connectivity index (χ1v) is 13.4. The Kier molecular flexibility index (Phi) is 8.76. The first-order chi connectivity index (χ1) is 17.8. The maximum atomic E-state index is 13.2. The van der Waals surface area contributed by atoms with Crippen LogP contribution < -0.4 is 16.0 Å². The second-order valence-electron chi connectivity index (χ2n) is 10.1. The first kappa shape index (κ1) is 27.0. The molecule has 4 rings (SSSR count). The van der Waals surface area contributed by atoms with Gasteiger partial charge >= 0.3 is 6.03 Å². The average molecular weight is 536 g/mol. The molecule has 0 bridgehead atoms. The minimum atomic E-state index is -0.271. The molecule has 192 valence electrons. The number of benzene rings is 3. The average Bonchev–Trinajstić information content (AvgIpc) is 2.88. The number of carbonyl (C=O) groups is 1. The van der Waals surface area contributed by atoms with Gasteiger partial charge in [0.05, 0.1) is 11.6 Å². The quantitative estimate of drug-likeness (QED) is 0.295. The molecule has 0 aromatic heterocycles. The van der Waals surface area contributed by atoms with E-state index in [1.54, 1.807) is 18.2 Å². The third-order valence-corrected chi connectivity index (χ3v) is 7.52. The standard InChI is InChI=1S/C30H32Cl2N4O/c1-20(2)14-28(36-29(37)35-27-17-25(31)16-26(32)18-27)30(10-12-34-13-11-30)24-8-6-22(7-9-24)23-5-3-4-21(15-23)19-33/h3-9,15-18,20,28,34H,10-14H2,1-2H3,(H2,35,36,37). The van der Waals surface area contributed by atoms with Crippen molar-refractivity contribution >= 4 is 34.9 Å². The Bertz CT molecular complexity index is 1260. The van der Waals surface area contributed by atoms with E-state index < -0.39 is 0 Å². The molecule has 1 aliphatic heterocycles. The highest BCUT2D eigenvalue weighted by Crippen LogP contribution is 2.40. The summed E-state index contributed by atoms with van der Waals surface area (Å²) in [5.74, 6) is 0.394. The van der Waals surface area contributed by atoms with Gasteiger partial charge < -0.3 is 16.0 Å². The van der Waals surface area contributed by atoms with E-state index in [-0.39, 0.29) is 17.5 Å². The van der Waals surface area contributed by atoms with Gasteiger partial charge in [0.15, 0.2) is 0 Å². The van der Waals surface area contributed by atoms with Gasteiger partial charge in [0, 0.05) is 27.2 Å². The van der Waals surface area contributed by atoms with Crippen LogP contribution >= 0.6 is 23.2 Å². The van der Waals surface area contributed by atoms with E-state index in [0.29, 0.717) is 27.2 Å². The van der Waals surface area contributed by atoms with Crippen LogP contribution in [0.3, 0.4) is 0 Å². The monoisotopic (exact) mass is 534 g/mol. The predicted octanol–water partition coefficient (Wildman–Crippen LogP) is 7.39. The van der Waals surface area contributed by atoms with Crippen molar-refractivity contribution < 1.29 is 4.79 Å². The number of hydrogen-bond donors (Lipinski definition) is 3. The number of nitrogens with zero attached hydrogens (tertiary/aromatic N) is 1. The number of nitriles is 1. The van der Waals surface area contributed by atoms with E-state index in [1.807, 2.05) is 24.3 Å². The highest BCUT2D eigenvalue weighted by atomic mass is 35.5. The van der Waals surface area contributed by atoms with Crippen LogP contribution in [-0.2, 0) is 5.41 Å². The van der Waals surface area contributed by atoms with E-state index in [9.17, 15) is 10.1 Å². The fourth-order valence-corrected chi connectivity index (χ4v) is 5.85. The van der Waals surface area contributed by atoms with Gasteiger partial charge in [0.1, 0.15) is 0 Å². The van der Waals surface area contributed by atoms with Crippen molar-refractivity contribution in [2.75, 3.05) is 18.4 Å². The van der Waals surface area contributed by atoms with Gasteiger partial charge in [-0.1, -0.05) is 73.4 Å². The number of amides is 2. The summed E-state index contributed by atoms with van der Waals surface area (Å²) in [6.45, 7) is 6.13. The van der Waals surface area contributed by atoms with Gasteiger partial charge in [0.25, 0.3) is 0 Å². The Morgan fingerprint density at radius 1 is 1.00 bits per heavy atom. The predicted molar refractivity (Wildman–Crippen MR) is 152 cm³/mol. The number of hydrogen-bond acceptors (Lipinski definition) is 3. The van der Waals surface area contributed by atoms with Crippen molar-refractivity contribution in [3.63, 3.8) is 0 Å². The fraction of sp³-hybridized carbons (Fsp3) is 0.333. The smallest absolute Gasteiger partial charge is 0.319 e. The molecule has 5 nitrogen and oxygen atoms in total. The number of nitrogens with one attached hydrogen (secondary N) is 3. The molecule has 3 aromatic rings. The van der Waals surface area contributed by atoms with Crippen LogP contribution in [0.2, 0.25) is 10.0 Å². The van der Waals surface area contributed by atoms with Crippen molar-refractivity contribution in [2.45, 2.75) is 44.6 Å². The zero-order valence-electron chi connectivity index (χ0n) is 21.2. The number of rotatable bonds is 7. The third kappa shape index (κ3) is 6.64. The van der Waals surface area contributed by atoms with Crippen LogP contribution in [0, 0.1) is 17.2 Å². The molecule has 1 heterocycles. The number of anilines is 1. The molecular formula is C30H32Cl2N4O. The van der Waals surface area contributed by atoms with Crippen molar-refractivity contribution in [1.29, 1.82) is 5.26 Å². The molecule has 3 aromatic carbocycles. The lowest BCUT2D eigenvalue weighted by atomic mass is 9.66. The first-order valence-electron chi connectivity index (χ1n) is 12.6. The summed E-state index contributed by atoms with van der Waals surface area (Å²) < 4.78 is 0. The Hall–Kier alpha value is -3.04. The van der Waals surface area contributed by atoms with Gasteiger partial charge in [-0.2, -0.15) is 5.26 Å². The van der Waals surface area contributed by atoms with E-state index in [2.05, 4.69) is 60.1 Å². The third-order valence-electron chi connectivity index (χ3n) is 7.08. The summed E-state index contributed by atoms with van der Waals surface area (Å²) >= 11 is 12.3.